The molecule has 1 aromatic rings. The Morgan fingerprint density at radius 1 is 1.12 bits per heavy atom. The van der Waals surface area contributed by atoms with Gasteiger partial charge in [0.1, 0.15) is 0 Å². The van der Waals surface area contributed by atoms with E-state index in [0.29, 0.717) is 12.1 Å². The van der Waals surface area contributed by atoms with Crippen LogP contribution in [0.25, 0.3) is 0 Å². The molecular formula is C18H27Cl2N3O. The van der Waals surface area contributed by atoms with Crippen LogP contribution in [0, 0.1) is 0 Å². The number of nitrogens with one attached hydrogen (secondary N) is 2. The second kappa shape index (κ2) is 8.41. The molecule has 4 nitrogen and oxygen atoms in total. The fourth-order valence-electron chi connectivity index (χ4n) is 4.38. The van der Waals surface area contributed by atoms with Gasteiger partial charge in [0.2, 0.25) is 0 Å². The van der Waals surface area contributed by atoms with Crippen molar-refractivity contribution in [2.24, 2.45) is 0 Å². The number of hydrogen-bond donors (Lipinski definition) is 2. The molecule has 0 bridgehead atoms. The summed E-state index contributed by atoms with van der Waals surface area (Å²) in [6, 6.07) is 6.96. The Balaban J connectivity index is 0.00000104. The van der Waals surface area contributed by atoms with Crippen LogP contribution in [0.4, 0.5) is 5.69 Å². The van der Waals surface area contributed by atoms with Gasteiger partial charge in [-0.1, -0.05) is 12.5 Å². The van der Waals surface area contributed by atoms with E-state index in [-0.39, 0.29) is 30.7 Å². The number of piperidine rings is 1. The van der Waals surface area contributed by atoms with E-state index in [1.54, 1.807) is 0 Å². The predicted molar refractivity (Wildman–Crippen MR) is 103 cm³/mol. The lowest BCUT2D eigenvalue weighted by Gasteiger charge is -2.32. The summed E-state index contributed by atoms with van der Waals surface area (Å²) in [6.45, 7) is 3.36. The van der Waals surface area contributed by atoms with Gasteiger partial charge in [0.25, 0.3) is 5.91 Å². The van der Waals surface area contributed by atoms with Gasteiger partial charge in [-0.15, -0.1) is 24.8 Å². The summed E-state index contributed by atoms with van der Waals surface area (Å²) >= 11 is 0. The summed E-state index contributed by atoms with van der Waals surface area (Å²) in [7, 11) is 0. The molecule has 0 aromatic heterocycles. The van der Waals surface area contributed by atoms with E-state index in [2.05, 4.69) is 21.6 Å². The Hall–Kier alpha value is -0.970. The molecule has 24 heavy (non-hydrogen) atoms. The van der Waals surface area contributed by atoms with Crippen molar-refractivity contribution in [1.29, 1.82) is 0 Å². The number of fused-ring (bicyclic) bond motifs is 2. The first-order valence-electron chi connectivity index (χ1n) is 8.73. The quantitative estimate of drug-likeness (QED) is 0.838. The molecule has 2 N–H and O–H groups in total. The molecule has 0 radical (unpaired) electrons. The van der Waals surface area contributed by atoms with Crippen molar-refractivity contribution >= 4 is 36.4 Å². The number of nitrogens with zero attached hydrogens (tertiary/aromatic N) is 1. The minimum Gasteiger partial charge on any atom is -0.385 e. The van der Waals surface area contributed by atoms with Crippen LogP contribution in [0.3, 0.4) is 0 Å². The Morgan fingerprint density at radius 3 is 2.88 bits per heavy atom. The number of halogens is 2. The smallest absolute Gasteiger partial charge is 0.251 e. The number of benzene rings is 1. The maximum absolute atomic E-state index is 12.8. The molecule has 0 spiro atoms. The third-order valence-electron chi connectivity index (χ3n) is 5.51. The highest BCUT2D eigenvalue weighted by atomic mass is 35.5. The highest BCUT2D eigenvalue weighted by molar-refractivity contribution is 5.97. The fraction of sp³-hybridized carbons (Fsp3) is 0.611. The second-order valence-corrected chi connectivity index (χ2v) is 6.83. The zero-order chi connectivity index (χ0) is 14.9. The summed E-state index contributed by atoms with van der Waals surface area (Å²) in [5, 5.41) is 6.74. The van der Waals surface area contributed by atoms with Crippen LogP contribution in [-0.4, -0.2) is 42.5 Å². The van der Waals surface area contributed by atoms with Gasteiger partial charge >= 0.3 is 0 Å². The lowest BCUT2D eigenvalue weighted by molar-refractivity contribution is 0.0914. The van der Waals surface area contributed by atoms with Crippen LogP contribution in [0.2, 0.25) is 0 Å². The topological polar surface area (TPSA) is 44.4 Å². The first kappa shape index (κ1) is 19.4. The van der Waals surface area contributed by atoms with Gasteiger partial charge < -0.3 is 10.6 Å². The third kappa shape index (κ3) is 3.66. The maximum atomic E-state index is 12.8. The first-order chi connectivity index (χ1) is 10.8. The molecule has 3 heterocycles. The normalized spacial score (nSPS) is 25.3. The first-order valence-corrected chi connectivity index (χ1v) is 8.73. The SMILES string of the molecule is Cl.Cl.O=C(NC1CCN2CCCCC12)c1cccc2c1CCCN2. The van der Waals surface area contributed by atoms with Crippen molar-refractivity contribution < 1.29 is 4.79 Å². The molecule has 3 aliphatic rings. The Kier molecular flexibility index (Phi) is 6.79. The largest absolute Gasteiger partial charge is 0.385 e. The van der Waals surface area contributed by atoms with Gasteiger partial charge in [-0.05, 0) is 56.3 Å². The average molecular weight is 372 g/mol. The summed E-state index contributed by atoms with van der Waals surface area (Å²) in [6.07, 6.45) is 7.07. The molecule has 3 aliphatic heterocycles. The van der Waals surface area contributed by atoms with Gasteiger partial charge in [-0.3, -0.25) is 9.69 Å². The Morgan fingerprint density at radius 2 is 2.00 bits per heavy atom. The predicted octanol–water partition coefficient (Wildman–Crippen LogP) is 3.24. The van der Waals surface area contributed by atoms with Crippen LogP contribution in [0.5, 0.6) is 0 Å². The average Bonchev–Trinajstić information content (AvgIpc) is 2.97. The number of carbonyl (C=O) groups excluding carboxylic acids is 1. The van der Waals surface area contributed by atoms with Crippen molar-refractivity contribution in [2.75, 3.05) is 25.0 Å². The van der Waals surface area contributed by atoms with Crippen molar-refractivity contribution in [1.82, 2.24) is 10.2 Å². The van der Waals surface area contributed by atoms with E-state index in [1.165, 1.54) is 31.4 Å². The van der Waals surface area contributed by atoms with Gasteiger partial charge in [-0.2, -0.15) is 0 Å². The summed E-state index contributed by atoms with van der Waals surface area (Å²) in [4.78, 5) is 15.4. The molecule has 6 heteroatoms. The molecule has 2 fully saturated rings. The molecule has 0 saturated carbocycles. The van der Waals surface area contributed by atoms with E-state index < -0.39 is 0 Å². The van der Waals surface area contributed by atoms with Crippen molar-refractivity contribution in [3.8, 4) is 0 Å². The van der Waals surface area contributed by atoms with Gasteiger partial charge in [0.15, 0.2) is 0 Å². The summed E-state index contributed by atoms with van der Waals surface area (Å²) in [5.74, 6) is 0.123. The molecule has 2 atom stereocenters. The Bertz CT molecular complexity index is 581. The minimum atomic E-state index is 0. The number of anilines is 1. The third-order valence-corrected chi connectivity index (χ3v) is 5.51. The molecule has 2 unspecified atom stereocenters. The molecule has 134 valence electrons. The summed E-state index contributed by atoms with van der Waals surface area (Å²) in [5.41, 5.74) is 3.22. The van der Waals surface area contributed by atoms with Crippen LogP contribution >= 0.6 is 24.8 Å². The van der Waals surface area contributed by atoms with Crippen molar-refractivity contribution in [3.05, 3.63) is 29.3 Å². The number of carbonyl (C=O) groups is 1. The van der Waals surface area contributed by atoms with E-state index in [9.17, 15) is 4.79 Å². The van der Waals surface area contributed by atoms with Gasteiger partial charge in [0, 0.05) is 36.4 Å². The van der Waals surface area contributed by atoms with Gasteiger partial charge in [0.05, 0.1) is 0 Å². The van der Waals surface area contributed by atoms with Crippen molar-refractivity contribution in [2.45, 2.75) is 50.6 Å². The zero-order valence-corrected chi connectivity index (χ0v) is 15.6. The molecule has 1 aromatic carbocycles. The highest BCUT2D eigenvalue weighted by Crippen LogP contribution is 2.29. The van der Waals surface area contributed by atoms with Crippen LogP contribution in [-0.2, 0) is 6.42 Å². The second-order valence-electron chi connectivity index (χ2n) is 6.83. The van der Waals surface area contributed by atoms with E-state index >= 15 is 0 Å². The minimum absolute atomic E-state index is 0. The number of amides is 1. The molecular weight excluding hydrogens is 345 g/mol. The fourth-order valence-corrected chi connectivity index (χ4v) is 4.38. The number of rotatable bonds is 2. The number of hydrogen-bond acceptors (Lipinski definition) is 3. The maximum Gasteiger partial charge on any atom is 0.251 e. The molecule has 1 amide bonds. The van der Waals surface area contributed by atoms with Crippen LogP contribution in [0.15, 0.2) is 18.2 Å². The summed E-state index contributed by atoms with van der Waals surface area (Å²) < 4.78 is 0. The highest BCUT2D eigenvalue weighted by Gasteiger charge is 2.36. The standard InChI is InChI=1S/C18H25N3O.2ClH/c22-18(14-5-3-7-15-13(14)6-4-10-19-15)20-16-9-12-21-11-2-1-8-17(16)21;;/h3,5,7,16-17,19H,1-2,4,6,8-12H2,(H,20,22);2*1H. The Labute approximate surface area is 156 Å². The monoisotopic (exact) mass is 371 g/mol. The van der Waals surface area contributed by atoms with Crippen LogP contribution < -0.4 is 10.6 Å². The van der Waals surface area contributed by atoms with Crippen LogP contribution in [0.1, 0.15) is 48.0 Å². The molecule has 0 aliphatic carbocycles. The zero-order valence-electron chi connectivity index (χ0n) is 13.9. The van der Waals surface area contributed by atoms with Gasteiger partial charge in [-0.25, -0.2) is 0 Å². The lowest BCUT2D eigenvalue weighted by atomic mass is 9.95. The van der Waals surface area contributed by atoms with E-state index in [0.717, 1.165) is 43.6 Å². The van der Waals surface area contributed by atoms with E-state index in [4.69, 9.17) is 0 Å². The van der Waals surface area contributed by atoms with Crippen molar-refractivity contribution in [3.63, 3.8) is 0 Å². The molecule has 4 rings (SSSR count). The molecule has 2 saturated heterocycles. The lowest BCUT2D eigenvalue weighted by Crippen LogP contribution is -2.47. The van der Waals surface area contributed by atoms with E-state index in [1.807, 2.05) is 12.1 Å².